The molecule has 0 saturated carbocycles. The van der Waals surface area contributed by atoms with Gasteiger partial charge in [-0.05, 0) is 63.1 Å². The molecule has 0 aliphatic carbocycles. The summed E-state index contributed by atoms with van der Waals surface area (Å²) >= 11 is 0. The van der Waals surface area contributed by atoms with Gasteiger partial charge in [-0.3, -0.25) is 58.5 Å². The largest absolute Gasteiger partial charge is 0.494 e. The molecule has 1 aliphatic heterocycles. The number of ether oxygens (including phenoxy) is 2. The predicted octanol–water partition coefficient (Wildman–Crippen LogP) is 2.72. The van der Waals surface area contributed by atoms with Gasteiger partial charge in [-0.25, -0.2) is 9.97 Å². The fourth-order valence-electron chi connectivity index (χ4n) is 7.79. The van der Waals surface area contributed by atoms with Crippen LogP contribution in [-0.2, 0) is 47.5 Å². The quantitative estimate of drug-likeness (QED) is 0.0459. The van der Waals surface area contributed by atoms with Gasteiger partial charge in [0.25, 0.3) is 23.6 Å². The Kier molecular flexibility index (Phi) is 14.3. The number of fused-ring (bicyclic) bond motifs is 2. The standard InChI is InChI=1S/C46H52N14O9/c1-7-29-25-32(56(5)54-29)43(66)51-45-50-31-22-28(42(48)65)24-35(69-19-11-15-55(4)36(61)14-18-57-37(62)12-13-38(57)63)40(31)59(45)17-10-9-16-58-39-30(21-27(41(47)64)23-34(39)68-6)49-46(58)52-44(67)33-20-26(3)53-60(33)8-2/h9-10,12-13,20-25H,7-8,11,14-19H2,1-6H3,(H2,47,64)(H2,48,65)(H,49,52,67)(H,50,51,66)/b10-9+. The number of rotatable bonds is 21. The number of benzene rings is 2. The van der Waals surface area contributed by atoms with E-state index in [-0.39, 0.29) is 90.8 Å². The fourth-order valence-corrected chi connectivity index (χ4v) is 7.79. The maximum Gasteiger partial charge on any atom is 0.276 e. The van der Waals surface area contributed by atoms with Gasteiger partial charge in [0, 0.05) is 76.5 Å². The summed E-state index contributed by atoms with van der Waals surface area (Å²) in [6.07, 6.45) is 6.79. The smallest absolute Gasteiger partial charge is 0.276 e. The lowest BCUT2D eigenvalue weighted by Crippen LogP contribution is -2.36. The minimum absolute atomic E-state index is 0.0472. The Balaban J connectivity index is 1.20. The Morgan fingerprint density at radius 3 is 1.88 bits per heavy atom. The minimum Gasteiger partial charge on any atom is -0.494 e. The number of nitrogens with zero attached hydrogens (tertiary/aromatic N) is 10. The highest BCUT2D eigenvalue weighted by atomic mass is 16.5. The first kappa shape index (κ1) is 48.3. The molecule has 6 aromatic rings. The maximum atomic E-state index is 13.8. The SMILES string of the molecule is CCc1cc(C(=O)Nc2nc3cc(C(N)=O)cc(OCCCN(C)C(=O)CCN4C(=O)C=CC4=O)c3n2C/C=C/Cn2c(NC(=O)c3cc(C)nn3CC)nc3cc(C(N)=O)cc(OC)c32)n(C)n1. The Bertz CT molecular complexity index is 3080. The van der Waals surface area contributed by atoms with Gasteiger partial charge in [-0.15, -0.1) is 0 Å². The Labute approximate surface area is 394 Å². The average molecular weight is 945 g/mol. The number of nitrogens with one attached hydrogen (secondary N) is 2. The fraction of sp³-hybridized carbons (Fsp3) is 0.326. The predicted molar refractivity (Wildman–Crippen MR) is 252 cm³/mol. The molecule has 6 N–H and O–H groups in total. The van der Waals surface area contributed by atoms with Crippen molar-refractivity contribution in [2.24, 2.45) is 18.5 Å². The lowest BCUT2D eigenvalue weighted by molar-refractivity contribution is -0.138. The molecule has 5 heterocycles. The van der Waals surface area contributed by atoms with Crippen LogP contribution < -0.4 is 31.6 Å². The van der Waals surface area contributed by atoms with Crippen LogP contribution in [0.1, 0.15) is 79.8 Å². The molecule has 69 heavy (non-hydrogen) atoms. The van der Waals surface area contributed by atoms with Crippen molar-refractivity contribution in [1.82, 2.24) is 48.5 Å². The number of amides is 7. The van der Waals surface area contributed by atoms with Crippen molar-refractivity contribution in [1.29, 1.82) is 0 Å². The Morgan fingerprint density at radius 1 is 0.783 bits per heavy atom. The van der Waals surface area contributed by atoms with E-state index in [4.69, 9.17) is 25.9 Å². The number of allylic oxidation sites excluding steroid dienone is 2. The first-order valence-electron chi connectivity index (χ1n) is 22.0. The summed E-state index contributed by atoms with van der Waals surface area (Å²) < 4.78 is 18.4. The summed E-state index contributed by atoms with van der Waals surface area (Å²) in [6, 6.07) is 9.30. The second-order valence-corrected chi connectivity index (χ2v) is 16.0. The van der Waals surface area contributed by atoms with Gasteiger partial charge in [-0.1, -0.05) is 19.1 Å². The monoisotopic (exact) mass is 944 g/mol. The highest BCUT2D eigenvalue weighted by molar-refractivity contribution is 6.13. The minimum atomic E-state index is -0.748. The zero-order valence-corrected chi connectivity index (χ0v) is 38.9. The first-order valence-corrected chi connectivity index (χ1v) is 22.0. The third-order valence-corrected chi connectivity index (χ3v) is 11.3. The number of carbonyl (C=O) groups excluding carboxylic acids is 7. The van der Waals surface area contributed by atoms with Gasteiger partial charge in [0.15, 0.2) is 0 Å². The summed E-state index contributed by atoms with van der Waals surface area (Å²) in [5.41, 5.74) is 15.1. The van der Waals surface area contributed by atoms with E-state index in [9.17, 15) is 33.6 Å². The van der Waals surface area contributed by atoms with Gasteiger partial charge in [0.1, 0.15) is 33.9 Å². The van der Waals surface area contributed by atoms with Crippen molar-refractivity contribution in [2.75, 3.05) is 44.5 Å². The molecule has 1 aliphatic rings. The van der Waals surface area contributed by atoms with E-state index in [1.807, 2.05) is 13.8 Å². The van der Waals surface area contributed by atoms with Gasteiger partial charge in [-0.2, -0.15) is 10.2 Å². The molecule has 0 radical (unpaired) electrons. The number of imidazole rings is 2. The molecule has 0 atom stereocenters. The topological polar surface area (TPSA) is 292 Å². The van der Waals surface area contributed by atoms with Crippen molar-refractivity contribution in [3.05, 3.63) is 94.6 Å². The summed E-state index contributed by atoms with van der Waals surface area (Å²) in [5.74, 6) is -2.90. The molecule has 2 aromatic carbocycles. The molecular weight excluding hydrogens is 893 g/mol. The van der Waals surface area contributed by atoms with Gasteiger partial charge >= 0.3 is 0 Å². The molecule has 23 heteroatoms. The molecule has 0 spiro atoms. The summed E-state index contributed by atoms with van der Waals surface area (Å²) in [6.45, 7) is 6.47. The Morgan fingerprint density at radius 2 is 1.35 bits per heavy atom. The summed E-state index contributed by atoms with van der Waals surface area (Å²) in [5, 5.41) is 14.6. The molecule has 4 aromatic heterocycles. The molecular formula is C46H52N14O9. The van der Waals surface area contributed by atoms with Crippen LogP contribution in [0.2, 0.25) is 0 Å². The highest BCUT2D eigenvalue weighted by Crippen LogP contribution is 2.33. The van der Waals surface area contributed by atoms with Crippen molar-refractivity contribution in [3.63, 3.8) is 0 Å². The number of primary amides is 2. The summed E-state index contributed by atoms with van der Waals surface area (Å²) in [4.78, 5) is 101. The number of hydrogen-bond acceptors (Lipinski definition) is 13. The second kappa shape index (κ2) is 20.5. The average Bonchev–Trinajstić information content (AvgIpc) is 4.14. The number of imide groups is 1. The third-order valence-electron chi connectivity index (χ3n) is 11.3. The lowest BCUT2D eigenvalue weighted by Gasteiger charge is -2.19. The number of nitrogens with two attached hydrogens (primary N) is 2. The Hall–Kier alpha value is -8.63. The van der Waals surface area contributed by atoms with E-state index in [2.05, 4.69) is 25.8 Å². The van der Waals surface area contributed by atoms with Gasteiger partial charge in [0.05, 0.1) is 36.1 Å². The van der Waals surface area contributed by atoms with Gasteiger partial charge in [0.2, 0.25) is 29.6 Å². The van der Waals surface area contributed by atoms with Crippen LogP contribution in [0.4, 0.5) is 11.9 Å². The first-order chi connectivity index (χ1) is 33.0. The number of methoxy groups -OCH3 is 1. The van der Waals surface area contributed by atoms with E-state index in [0.29, 0.717) is 53.0 Å². The molecule has 7 amide bonds. The molecule has 360 valence electrons. The molecule has 0 unspecified atom stereocenters. The van der Waals surface area contributed by atoms with Crippen LogP contribution in [0, 0.1) is 6.92 Å². The number of carbonyl (C=O) groups is 7. The van der Waals surface area contributed by atoms with Crippen molar-refractivity contribution >= 4 is 75.3 Å². The van der Waals surface area contributed by atoms with Crippen molar-refractivity contribution in [3.8, 4) is 11.5 Å². The van der Waals surface area contributed by atoms with Crippen LogP contribution in [0.5, 0.6) is 11.5 Å². The maximum absolute atomic E-state index is 13.8. The van der Waals surface area contributed by atoms with Gasteiger partial charge < -0.3 is 35.0 Å². The van der Waals surface area contributed by atoms with Crippen LogP contribution in [0.3, 0.4) is 0 Å². The second-order valence-electron chi connectivity index (χ2n) is 16.0. The van der Waals surface area contributed by atoms with E-state index >= 15 is 0 Å². The molecule has 0 bridgehead atoms. The highest BCUT2D eigenvalue weighted by Gasteiger charge is 2.26. The van der Waals surface area contributed by atoms with Crippen LogP contribution >= 0.6 is 0 Å². The van der Waals surface area contributed by atoms with E-state index in [1.54, 1.807) is 59.1 Å². The van der Waals surface area contributed by atoms with Crippen LogP contribution in [0.25, 0.3) is 22.1 Å². The lowest BCUT2D eigenvalue weighted by atomic mass is 10.1. The normalized spacial score (nSPS) is 12.5. The third kappa shape index (κ3) is 10.4. The molecule has 0 fully saturated rings. The number of hydrogen-bond donors (Lipinski definition) is 4. The van der Waals surface area contributed by atoms with Crippen LogP contribution in [-0.4, -0.2) is 124 Å². The zero-order chi connectivity index (χ0) is 49.7. The summed E-state index contributed by atoms with van der Waals surface area (Å²) in [7, 11) is 4.69. The van der Waals surface area contributed by atoms with E-state index in [1.165, 1.54) is 41.0 Å². The van der Waals surface area contributed by atoms with Crippen LogP contribution in [0.15, 0.2) is 60.7 Å². The zero-order valence-electron chi connectivity index (χ0n) is 38.9. The van der Waals surface area contributed by atoms with Crippen molar-refractivity contribution in [2.45, 2.75) is 59.7 Å². The number of aryl methyl sites for hydroxylation is 4. The number of aromatic nitrogens is 8. The van der Waals surface area contributed by atoms with E-state index in [0.717, 1.165) is 17.1 Å². The number of anilines is 2. The van der Waals surface area contributed by atoms with E-state index < -0.39 is 35.4 Å². The van der Waals surface area contributed by atoms with Crippen molar-refractivity contribution < 1.29 is 43.0 Å². The molecule has 23 nitrogen and oxygen atoms in total. The molecule has 0 saturated heterocycles. The molecule has 7 rings (SSSR count).